The molecule has 0 aromatic heterocycles. The molecule has 0 heterocycles. The van der Waals surface area contributed by atoms with Crippen molar-refractivity contribution in [2.45, 2.75) is 0 Å². The van der Waals surface area contributed by atoms with Crippen LogP contribution in [-0.4, -0.2) is 25.6 Å². The van der Waals surface area contributed by atoms with E-state index in [9.17, 15) is 8.42 Å². The van der Waals surface area contributed by atoms with E-state index in [1.807, 2.05) is 48.5 Å². The molecule has 0 radical (unpaired) electrons. The SMILES string of the molecule is C=Cc1c2ccccc2c(/C=C/S(=O)(=O)O)c2ccccc12.O=S(=O)=O. The van der Waals surface area contributed by atoms with E-state index >= 15 is 0 Å². The molecule has 0 unspecified atom stereocenters. The number of fused-ring (bicyclic) bond motifs is 2. The maximum Gasteiger partial charge on any atom is 0.425 e. The van der Waals surface area contributed by atoms with Crippen molar-refractivity contribution in [3.63, 3.8) is 0 Å². The predicted molar refractivity (Wildman–Crippen MR) is 102 cm³/mol. The summed E-state index contributed by atoms with van der Waals surface area (Å²) in [7, 11) is -7.29. The molecule has 3 aromatic carbocycles. The molecule has 0 fully saturated rings. The first-order valence-corrected chi connectivity index (χ1v) is 9.73. The summed E-state index contributed by atoms with van der Waals surface area (Å²) < 4.78 is 56.4. The molecule has 0 aliphatic rings. The molecule has 0 saturated carbocycles. The third kappa shape index (κ3) is 4.63. The van der Waals surface area contributed by atoms with E-state index in [-0.39, 0.29) is 0 Å². The van der Waals surface area contributed by atoms with Crippen molar-refractivity contribution in [2.75, 3.05) is 0 Å². The van der Waals surface area contributed by atoms with Gasteiger partial charge in [0.05, 0.1) is 5.41 Å². The lowest BCUT2D eigenvalue weighted by Crippen LogP contribution is -1.91. The van der Waals surface area contributed by atoms with Gasteiger partial charge >= 0.3 is 10.6 Å². The zero-order valence-electron chi connectivity index (χ0n) is 13.4. The van der Waals surface area contributed by atoms with Gasteiger partial charge in [-0.2, -0.15) is 8.42 Å². The van der Waals surface area contributed by atoms with Gasteiger partial charge in [0.2, 0.25) is 0 Å². The molecule has 0 bridgehead atoms. The third-order valence-corrected chi connectivity index (χ3v) is 4.11. The molecule has 0 aliphatic heterocycles. The van der Waals surface area contributed by atoms with Gasteiger partial charge in [-0.25, -0.2) is 0 Å². The van der Waals surface area contributed by atoms with Gasteiger partial charge in [0.1, 0.15) is 0 Å². The maximum absolute atomic E-state index is 11.1. The monoisotopic (exact) mass is 390 g/mol. The van der Waals surface area contributed by atoms with Gasteiger partial charge < -0.3 is 0 Å². The number of benzene rings is 3. The Morgan fingerprint density at radius 1 is 0.808 bits per heavy atom. The molecule has 8 heteroatoms. The van der Waals surface area contributed by atoms with Crippen molar-refractivity contribution in [3.05, 3.63) is 71.6 Å². The first-order chi connectivity index (χ1) is 12.2. The van der Waals surface area contributed by atoms with E-state index in [0.29, 0.717) is 0 Å². The van der Waals surface area contributed by atoms with Crippen LogP contribution >= 0.6 is 0 Å². The second-order valence-electron chi connectivity index (χ2n) is 5.14. The van der Waals surface area contributed by atoms with Crippen molar-refractivity contribution in [1.82, 2.24) is 0 Å². The normalized spacial score (nSPS) is 11.3. The molecule has 0 atom stereocenters. The highest BCUT2D eigenvalue weighted by Gasteiger charge is 2.10. The Labute approximate surface area is 151 Å². The van der Waals surface area contributed by atoms with E-state index in [1.54, 1.807) is 6.08 Å². The average molecular weight is 390 g/mol. The van der Waals surface area contributed by atoms with E-state index in [0.717, 1.165) is 38.1 Å². The Balaban J connectivity index is 0.000000552. The third-order valence-electron chi connectivity index (χ3n) is 3.63. The number of rotatable bonds is 3. The van der Waals surface area contributed by atoms with Crippen LogP contribution in [-0.2, 0) is 20.7 Å². The van der Waals surface area contributed by atoms with Crippen LogP contribution in [0, 0.1) is 0 Å². The summed E-state index contributed by atoms with van der Waals surface area (Å²) in [4.78, 5) is 0. The van der Waals surface area contributed by atoms with Gasteiger partial charge in [0.25, 0.3) is 10.1 Å². The molecule has 0 aliphatic carbocycles. The second-order valence-corrected chi connectivity index (χ2v) is 6.85. The molecule has 26 heavy (non-hydrogen) atoms. The molecule has 3 aromatic rings. The second kappa shape index (κ2) is 8.05. The maximum atomic E-state index is 11.1. The van der Waals surface area contributed by atoms with Crippen LogP contribution in [0.4, 0.5) is 0 Å². The van der Waals surface area contributed by atoms with Gasteiger partial charge in [-0.15, -0.1) is 12.6 Å². The molecule has 6 nitrogen and oxygen atoms in total. The molecule has 1 N–H and O–H groups in total. The van der Waals surface area contributed by atoms with Crippen LogP contribution < -0.4 is 0 Å². The molecule has 3 rings (SSSR count). The lowest BCUT2D eigenvalue weighted by Gasteiger charge is -2.12. The molecular formula is C18H14O6S2. The summed E-state index contributed by atoms with van der Waals surface area (Å²) in [5, 5.41) is 4.62. The largest absolute Gasteiger partial charge is 0.425 e. The molecular weight excluding hydrogens is 376 g/mol. The summed E-state index contributed by atoms with van der Waals surface area (Å²) in [6.45, 7) is 3.89. The zero-order chi connectivity index (χ0) is 19.3. The van der Waals surface area contributed by atoms with Gasteiger partial charge in [-0.3, -0.25) is 4.55 Å². The minimum absolute atomic E-state index is 0.759. The highest BCUT2D eigenvalue weighted by molar-refractivity contribution is 7.88. The minimum Gasteiger partial charge on any atom is -0.282 e. The average Bonchev–Trinajstić information content (AvgIpc) is 2.57. The van der Waals surface area contributed by atoms with Crippen molar-refractivity contribution in [2.24, 2.45) is 0 Å². The Hall–Kier alpha value is -2.81. The summed E-state index contributed by atoms with van der Waals surface area (Å²) in [6, 6.07) is 15.5. The van der Waals surface area contributed by atoms with Crippen LogP contribution in [0.1, 0.15) is 11.1 Å². The van der Waals surface area contributed by atoms with Crippen molar-refractivity contribution < 1.29 is 25.6 Å². The van der Waals surface area contributed by atoms with Crippen molar-refractivity contribution in [1.29, 1.82) is 0 Å². The van der Waals surface area contributed by atoms with Gasteiger partial charge in [-0.05, 0) is 38.7 Å². The first kappa shape index (κ1) is 19.5. The molecule has 134 valence electrons. The molecule has 0 spiro atoms. The Morgan fingerprint density at radius 3 is 1.46 bits per heavy atom. The minimum atomic E-state index is -4.18. The highest BCUT2D eigenvalue weighted by Crippen LogP contribution is 2.34. The van der Waals surface area contributed by atoms with Crippen molar-refractivity contribution >= 4 is 54.4 Å². The summed E-state index contributed by atoms with van der Waals surface area (Å²) >= 11 is 0. The lowest BCUT2D eigenvalue weighted by molar-refractivity contribution is 0.494. The van der Waals surface area contributed by atoms with Crippen LogP contribution in [0.15, 0.2) is 60.5 Å². The fraction of sp³-hybridized carbons (Fsp3) is 0. The predicted octanol–water partition coefficient (Wildman–Crippen LogP) is 3.49. The van der Waals surface area contributed by atoms with Crippen LogP contribution in [0.2, 0.25) is 0 Å². The quantitative estimate of drug-likeness (QED) is 0.542. The number of hydrogen-bond acceptors (Lipinski definition) is 5. The van der Waals surface area contributed by atoms with E-state index in [1.165, 1.54) is 6.08 Å². The van der Waals surface area contributed by atoms with Crippen LogP contribution in [0.25, 0.3) is 33.7 Å². The van der Waals surface area contributed by atoms with E-state index < -0.39 is 20.7 Å². The topological polar surface area (TPSA) is 106 Å². The van der Waals surface area contributed by atoms with Gasteiger partial charge in [-0.1, -0.05) is 61.2 Å². The Bertz CT molecular complexity index is 1160. The summed E-state index contributed by atoms with van der Waals surface area (Å²) in [5.41, 5.74) is 1.77. The fourth-order valence-corrected chi connectivity index (χ4v) is 3.06. The summed E-state index contributed by atoms with van der Waals surface area (Å²) in [5.74, 6) is 0. The Morgan fingerprint density at radius 2 is 1.15 bits per heavy atom. The standard InChI is InChI=1S/C18H14O3S.O3S/c1-2-13-14-7-3-5-9-16(14)18(11-12-22(19,20)21)17-10-6-4-8-15(13)17;1-4(2)3/h2-12H,1H2,(H,19,20,21);/b12-11+;. The van der Waals surface area contributed by atoms with Gasteiger partial charge in [0.15, 0.2) is 0 Å². The van der Waals surface area contributed by atoms with Crippen LogP contribution in [0.3, 0.4) is 0 Å². The smallest absolute Gasteiger partial charge is 0.282 e. The summed E-state index contributed by atoms with van der Waals surface area (Å²) in [6.07, 6.45) is 3.24. The van der Waals surface area contributed by atoms with E-state index in [4.69, 9.17) is 17.2 Å². The fourth-order valence-electron chi connectivity index (χ4n) is 2.75. The zero-order valence-corrected chi connectivity index (χ0v) is 15.0. The molecule has 0 amide bonds. The number of hydrogen-bond donors (Lipinski definition) is 1. The van der Waals surface area contributed by atoms with Crippen molar-refractivity contribution in [3.8, 4) is 0 Å². The first-order valence-electron chi connectivity index (χ1n) is 7.23. The van der Waals surface area contributed by atoms with E-state index in [2.05, 4.69) is 6.58 Å². The Kier molecular flexibility index (Phi) is 6.04. The lowest BCUT2D eigenvalue weighted by atomic mass is 9.92. The molecule has 0 saturated heterocycles. The highest BCUT2D eigenvalue weighted by atomic mass is 32.2. The van der Waals surface area contributed by atoms with Gasteiger partial charge in [0, 0.05) is 0 Å². The van der Waals surface area contributed by atoms with Crippen LogP contribution in [0.5, 0.6) is 0 Å².